The van der Waals surface area contributed by atoms with E-state index in [1.165, 1.54) is 0 Å². The number of fused-ring (bicyclic) bond motifs is 1. The molecule has 1 fully saturated rings. The lowest BCUT2D eigenvalue weighted by Gasteiger charge is -2.37. The van der Waals surface area contributed by atoms with Crippen molar-refractivity contribution in [3.63, 3.8) is 0 Å². The van der Waals surface area contributed by atoms with Crippen LogP contribution in [-0.4, -0.2) is 31.9 Å². The predicted molar refractivity (Wildman–Crippen MR) is 96.5 cm³/mol. The number of nitrogens with zero attached hydrogens (tertiary/aromatic N) is 3. The number of thiazole rings is 1. The Morgan fingerprint density at radius 2 is 2.24 bits per heavy atom. The van der Waals surface area contributed by atoms with Crippen LogP contribution in [0, 0.1) is 12.8 Å². The molecule has 1 aliphatic rings. The first-order chi connectivity index (χ1) is 12.0. The number of aryl methyl sites for hydroxylation is 2. The van der Waals surface area contributed by atoms with Crippen LogP contribution in [0.15, 0.2) is 30.6 Å². The van der Waals surface area contributed by atoms with Crippen molar-refractivity contribution in [3.05, 3.63) is 46.7 Å². The fraction of sp³-hybridized carbons (Fsp3) is 0.389. The van der Waals surface area contributed by atoms with Crippen molar-refractivity contribution in [1.29, 1.82) is 0 Å². The van der Waals surface area contributed by atoms with Crippen LogP contribution in [-0.2, 0) is 7.05 Å². The van der Waals surface area contributed by atoms with Crippen molar-refractivity contribution in [2.45, 2.75) is 31.9 Å². The number of aliphatic hydroxyl groups excluding tert-OH is 1. The highest BCUT2D eigenvalue weighted by Crippen LogP contribution is 2.38. The average Bonchev–Trinajstić information content (AvgIpc) is 3.13. The maximum absolute atomic E-state index is 12.8. The highest BCUT2D eigenvalue weighted by Gasteiger charge is 2.36. The van der Waals surface area contributed by atoms with E-state index in [0.29, 0.717) is 18.4 Å². The molecule has 0 saturated heterocycles. The number of amides is 1. The van der Waals surface area contributed by atoms with Gasteiger partial charge in [-0.25, -0.2) is 4.98 Å². The summed E-state index contributed by atoms with van der Waals surface area (Å²) in [5, 5.41) is 18.0. The molecule has 1 atom stereocenters. The Balaban J connectivity index is 1.58. The van der Waals surface area contributed by atoms with Gasteiger partial charge in [0.1, 0.15) is 0 Å². The third kappa shape index (κ3) is 3.17. The first-order valence-electron chi connectivity index (χ1n) is 8.34. The molecule has 130 valence electrons. The summed E-state index contributed by atoms with van der Waals surface area (Å²) in [6.07, 6.45) is 4.83. The fourth-order valence-corrected chi connectivity index (χ4v) is 4.19. The zero-order valence-corrected chi connectivity index (χ0v) is 15.0. The van der Waals surface area contributed by atoms with Crippen LogP contribution in [0.4, 0.5) is 0 Å². The summed E-state index contributed by atoms with van der Waals surface area (Å²) >= 11 is 1.62. The molecule has 1 saturated carbocycles. The number of aliphatic hydroxyl groups is 1. The predicted octanol–water partition coefficient (Wildman–Crippen LogP) is 2.58. The molecule has 0 aliphatic heterocycles. The van der Waals surface area contributed by atoms with E-state index in [1.54, 1.807) is 22.2 Å². The molecule has 0 bridgehead atoms. The van der Waals surface area contributed by atoms with E-state index in [2.05, 4.69) is 15.4 Å². The Bertz CT molecular complexity index is 926. The molecule has 2 N–H and O–H groups in total. The highest BCUT2D eigenvalue weighted by molar-refractivity contribution is 7.18. The second-order valence-corrected chi connectivity index (χ2v) is 7.93. The average molecular weight is 356 g/mol. The lowest BCUT2D eigenvalue weighted by molar-refractivity contribution is 0.0235. The van der Waals surface area contributed by atoms with Gasteiger partial charge in [0.25, 0.3) is 5.91 Å². The Morgan fingerprint density at radius 1 is 1.44 bits per heavy atom. The van der Waals surface area contributed by atoms with Gasteiger partial charge < -0.3 is 10.4 Å². The van der Waals surface area contributed by atoms with Crippen molar-refractivity contribution in [2.75, 3.05) is 0 Å². The first kappa shape index (κ1) is 16.2. The quantitative estimate of drug-likeness (QED) is 0.753. The van der Waals surface area contributed by atoms with Gasteiger partial charge in [-0.2, -0.15) is 5.10 Å². The van der Waals surface area contributed by atoms with Crippen LogP contribution in [0.25, 0.3) is 10.2 Å². The third-order valence-corrected chi connectivity index (χ3v) is 5.70. The van der Waals surface area contributed by atoms with Gasteiger partial charge in [0.2, 0.25) is 0 Å². The SMILES string of the molecule is Cc1nc2cc(C(=O)NC(c3cnn(C)c3)C3CC(O)C3)ccc2s1. The summed E-state index contributed by atoms with van der Waals surface area (Å²) in [7, 11) is 1.86. The van der Waals surface area contributed by atoms with Crippen molar-refractivity contribution in [2.24, 2.45) is 13.0 Å². The van der Waals surface area contributed by atoms with E-state index in [0.717, 1.165) is 20.8 Å². The lowest BCUT2D eigenvalue weighted by atomic mass is 9.75. The Labute approximate surface area is 149 Å². The van der Waals surface area contributed by atoms with Crippen LogP contribution < -0.4 is 5.32 Å². The lowest BCUT2D eigenvalue weighted by Crippen LogP contribution is -2.41. The molecule has 25 heavy (non-hydrogen) atoms. The molecular formula is C18H20N4O2S. The van der Waals surface area contributed by atoms with Crippen LogP contribution in [0.5, 0.6) is 0 Å². The number of rotatable bonds is 4. The zero-order chi connectivity index (χ0) is 17.6. The topological polar surface area (TPSA) is 80.0 Å². The summed E-state index contributed by atoms with van der Waals surface area (Å²) < 4.78 is 2.81. The largest absolute Gasteiger partial charge is 0.393 e. The summed E-state index contributed by atoms with van der Waals surface area (Å²) in [5.41, 5.74) is 2.43. The first-order valence-corrected chi connectivity index (χ1v) is 9.16. The number of hydrogen-bond donors (Lipinski definition) is 2. The number of aromatic nitrogens is 3. The molecule has 1 amide bonds. The van der Waals surface area contributed by atoms with E-state index in [1.807, 2.05) is 38.4 Å². The molecule has 7 heteroatoms. The van der Waals surface area contributed by atoms with Gasteiger partial charge in [-0.3, -0.25) is 9.48 Å². The maximum atomic E-state index is 12.8. The second kappa shape index (κ2) is 6.24. The third-order valence-electron chi connectivity index (χ3n) is 4.75. The molecule has 0 radical (unpaired) electrons. The number of benzene rings is 1. The van der Waals surface area contributed by atoms with Crippen LogP contribution in [0.3, 0.4) is 0 Å². The monoisotopic (exact) mass is 356 g/mol. The molecule has 1 unspecified atom stereocenters. The summed E-state index contributed by atoms with van der Waals surface area (Å²) in [6, 6.07) is 5.48. The van der Waals surface area contributed by atoms with Gasteiger partial charge in [0.15, 0.2) is 0 Å². The minimum Gasteiger partial charge on any atom is -0.393 e. The summed E-state index contributed by atoms with van der Waals surface area (Å²) in [5.74, 6) is 0.108. The molecule has 0 spiro atoms. The zero-order valence-electron chi connectivity index (χ0n) is 14.1. The molecule has 1 aliphatic carbocycles. The van der Waals surface area contributed by atoms with Gasteiger partial charge >= 0.3 is 0 Å². The van der Waals surface area contributed by atoms with Crippen LogP contribution in [0.2, 0.25) is 0 Å². The van der Waals surface area contributed by atoms with E-state index in [9.17, 15) is 9.90 Å². The maximum Gasteiger partial charge on any atom is 0.251 e. The minimum atomic E-state index is -0.268. The number of carbonyl (C=O) groups excluding carboxylic acids is 1. The molecule has 3 aromatic rings. The van der Waals surface area contributed by atoms with E-state index >= 15 is 0 Å². The van der Waals surface area contributed by atoms with Crippen LogP contribution >= 0.6 is 11.3 Å². The van der Waals surface area contributed by atoms with Crippen molar-refractivity contribution < 1.29 is 9.90 Å². The summed E-state index contributed by atoms with van der Waals surface area (Å²) in [6.45, 7) is 1.96. The van der Waals surface area contributed by atoms with Crippen LogP contribution in [0.1, 0.15) is 39.8 Å². The van der Waals surface area contributed by atoms with Gasteiger partial charge in [0.05, 0.1) is 33.6 Å². The standard InChI is InChI=1S/C18H20N4O2S/c1-10-20-15-7-11(3-4-16(15)25-10)18(24)21-17(12-5-14(23)6-12)13-8-19-22(2)9-13/h3-4,7-9,12,14,17,23H,5-6H2,1-2H3,(H,21,24). The normalized spacial score (nSPS) is 21.1. The van der Waals surface area contributed by atoms with Gasteiger partial charge in [0, 0.05) is 24.4 Å². The van der Waals surface area contributed by atoms with Gasteiger partial charge in [-0.1, -0.05) is 0 Å². The smallest absolute Gasteiger partial charge is 0.251 e. The molecule has 4 rings (SSSR count). The van der Waals surface area contributed by atoms with Crippen molar-refractivity contribution in [1.82, 2.24) is 20.1 Å². The second-order valence-electron chi connectivity index (χ2n) is 6.70. The Morgan fingerprint density at radius 3 is 2.92 bits per heavy atom. The molecular weight excluding hydrogens is 336 g/mol. The van der Waals surface area contributed by atoms with Gasteiger partial charge in [-0.15, -0.1) is 11.3 Å². The number of nitrogens with one attached hydrogen (secondary N) is 1. The number of carbonyl (C=O) groups is 1. The van der Waals surface area contributed by atoms with E-state index < -0.39 is 0 Å². The molecule has 2 aromatic heterocycles. The van der Waals surface area contributed by atoms with Crippen molar-refractivity contribution in [3.8, 4) is 0 Å². The molecule has 6 nitrogen and oxygen atoms in total. The number of hydrogen-bond acceptors (Lipinski definition) is 5. The minimum absolute atomic E-state index is 0.122. The van der Waals surface area contributed by atoms with Crippen molar-refractivity contribution >= 4 is 27.5 Å². The Hall–Kier alpha value is -2.25. The Kier molecular flexibility index (Phi) is 4.05. The molecule has 2 heterocycles. The van der Waals surface area contributed by atoms with E-state index in [-0.39, 0.29) is 24.0 Å². The summed E-state index contributed by atoms with van der Waals surface area (Å²) in [4.78, 5) is 17.2. The molecule has 1 aromatic carbocycles. The fourth-order valence-electron chi connectivity index (χ4n) is 3.38. The van der Waals surface area contributed by atoms with E-state index in [4.69, 9.17) is 0 Å². The highest BCUT2D eigenvalue weighted by atomic mass is 32.1. The van der Waals surface area contributed by atoms with Gasteiger partial charge in [-0.05, 0) is 43.9 Å².